The number of hydrogen-bond acceptors (Lipinski definition) is 3. The second-order valence-electron chi connectivity index (χ2n) is 5.06. The second kappa shape index (κ2) is 4.11. The quantitative estimate of drug-likeness (QED) is 0.789. The minimum Gasteiger partial charge on any atom is -0.356 e. The van der Waals surface area contributed by atoms with Crippen molar-refractivity contribution in [2.75, 3.05) is 0 Å². The Balaban J connectivity index is 2.02. The van der Waals surface area contributed by atoms with Gasteiger partial charge in [0.1, 0.15) is 6.33 Å². The van der Waals surface area contributed by atoms with Gasteiger partial charge in [-0.05, 0) is 38.5 Å². The summed E-state index contributed by atoms with van der Waals surface area (Å²) in [5, 5.41) is 0. The summed E-state index contributed by atoms with van der Waals surface area (Å²) in [7, 11) is 0. The molecule has 2 heterocycles. The highest BCUT2D eigenvalue weighted by Crippen LogP contribution is 2.37. The monoisotopic (exact) mass is 230 g/mol. The van der Waals surface area contributed by atoms with E-state index in [1.807, 2.05) is 6.20 Å². The van der Waals surface area contributed by atoms with Gasteiger partial charge in [0.05, 0.1) is 17.2 Å². The summed E-state index contributed by atoms with van der Waals surface area (Å²) in [6, 6.07) is 0.395. The van der Waals surface area contributed by atoms with Gasteiger partial charge in [0, 0.05) is 17.3 Å². The molecule has 3 N–H and O–H groups in total. The zero-order valence-electron chi connectivity index (χ0n) is 10.1. The Kier molecular flexibility index (Phi) is 2.59. The van der Waals surface area contributed by atoms with E-state index in [0.717, 1.165) is 23.9 Å². The van der Waals surface area contributed by atoms with E-state index < -0.39 is 0 Å². The van der Waals surface area contributed by atoms with E-state index in [-0.39, 0.29) is 0 Å². The van der Waals surface area contributed by atoms with E-state index >= 15 is 0 Å². The van der Waals surface area contributed by atoms with Gasteiger partial charge in [0.25, 0.3) is 0 Å². The first-order valence-corrected chi connectivity index (χ1v) is 6.29. The van der Waals surface area contributed by atoms with Crippen LogP contribution < -0.4 is 5.73 Å². The first kappa shape index (κ1) is 10.7. The highest BCUT2D eigenvalue weighted by atomic mass is 14.9. The van der Waals surface area contributed by atoms with Gasteiger partial charge in [-0.3, -0.25) is 0 Å². The van der Waals surface area contributed by atoms with Crippen molar-refractivity contribution in [3.8, 4) is 0 Å². The molecule has 4 heteroatoms. The van der Waals surface area contributed by atoms with Crippen molar-refractivity contribution >= 4 is 11.0 Å². The summed E-state index contributed by atoms with van der Waals surface area (Å²) in [6.07, 6.45) is 8.10. The molecular formula is C13H18N4. The number of fused-ring (bicyclic) bond motifs is 1. The summed E-state index contributed by atoms with van der Waals surface area (Å²) in [4.78, 5) is 11.9. The molecule has 1 aliphatic rings. The maximum atomic E-state index is 5.97. The molecule has 0 unspecified atom stereocenters. The third kappa shape index (κ3) is 1.82. The number of aromatic nitrogens is 3. The van der Waals surface area contributed by atoms with E-state index in [4.69, 9.17) is 5.73 Å². The normalized spacial score (nSPS) is 25.3. The van der Waals surface area contributed by atoms with E-state index in [1.165, 1.54) is 24.1 Å². The van der Waals surface area contributed by atoms with Gasteiger partial charge in [0.2, 0.25) is 0 Å². The zero-order chi connectivity index (χ0) is 11.8. The Morgan fingerprint density at radius 1 is 1.29 bits per heavy atom. The summed E-state index contributed by atoms with van der Waals surface area (Å²) in [6.45, 7) is 2.13. The largest absolute Gasteiger partial charge is 0.356 e. The number of H-pyrrole nitrogens is 1. The lowest BCUT2D eigenvalue weighted by Gasteiger charge is -2.26. The van der Waals surface area contributed by atoms with E-state index in [9.17, 15) is 0 Å². The number of nitrogens with zero attached hydrogens (tertiary/aromatic N) is 2. The smallest absolute Gasteiger partial charge is 0.116 e. The summed E-state index contributed by atoms with van der Waals surface area (Å²) in [5.74, 6) is 0.610. The lowest BCUT2D eigenvalue weighted by atomic mass is 9.81. The zero-order valence-corrected chi connectivity index (χ0v) is 10.1. The predicted molar refractivity (Wildman–Crippen MR) is 67.8 cm³/mol. The molecule has 1 fully saturated rings. The predicted octanol–water partition coefficient (Wildman–Crippen LogP) is 2.25. The molecule has 0 saturated heterocycles. The number of aryl methyl sites for hydroxylation is 1. The van der Waals surface area contributed by atoms with Gasteiger partial charge >= 0.3 is 0 Å². The van der Waals surface area contributed by atoms with Crippen LogP contribution in [-0.2, 0) is 0 Å². The molecule has 0 bridgehead atoms. The lowest BCUT2D eigenvalue weighted by Crippen LogP contribution is -2.25. The van der Waals surface area contributed by atoms with Crippen molar-refractivity contribution in [1.29, 1.82) is 0 Å². The summed E-state index contributed by atoms with van der Waals surface area (Å²) < 4.78 is 0. The molecule has 1 saturated carbocycles. The number of rotatable bonds is 1. The molecule has 0 atom stereocenters. The Bertz CT molecular complexity index is 523. The average Bonchev–Trinajstić information content (AvgIpc) is 2.66. The van der Waals surface area contributed by atoms with E-state index in [0.29, 0.717) is 12.0 Å². The van der Waals surface area contributed by atoms with Gasteiger partial charge in [0.15, 0.2) is 0 Å². The number of nitrogens with one attached hydrogen (secondary N) is 1. The summed E-state index contributed by atoms with van der Waals surface area (Å²) in [5.41, 5.74) is 10.7. The van der Waals surface area contributed by atoms with Gasteiger partial charge < -0.3 is 10.7 Å². The van der Waals surface area contributed by atoms with Gasteiger partial charge in [-0.2, -0.15) is 0 Å². The topological polar surface area (TPSA) is 67.6 Å². The van der Waals surface area contributed by atoms with Crippen LogP contribution in [0.5, 0.6) is 0 Å². The minimum atomic E-state index is 0.395. The molecular weight excluding hydrogens is 212 g/mol. The molecule has 17 heavy (non-hydrogen) atoms. The van der Waals surface area contributed by atoms with Crippen LogP contribution in [0.1, 0.15) is 42.9 Å². The van der Waals surface area contributed by atoms with Crippen LogP contribution in [0.15, 0.2) is 12.5 Å². The molecule has 0 aliphatic heterocycles. The molecule has 3 rings (SSSR count). The Labute approximate surface area is 101 Å². The first-order valence-electron chi connectivity index (χ1n) is 6.29. The van der Waals surface area contributed by atoms with Crippen LogP contribution in [0, 0.1) is 6.92 Å². The van der Waals surface area contributed by atoms with Crippen LogP contribution >= 0.6 is 0 Å². The molecule has 0 amide bonds. The highest BCUT2D eigenvalue weighted by Gasteiger charge is 2.24. The third-order valence-corrected chi connectivity index (χ3v) is 3.87. The maximum Gasteiger partial charge on any atom is 0.116 e. The van der Waals surface area contributed by atoms with Crippen molar-refractivity contribution in [3.05, 3.63) is 23.8 Å². The highest BCUT2D eigenvalue weighted by molar-refractivity contribution is 5.80. The fourth-order valence-electron chi connectivity index (χ4n) is 2.99. The summed E-state index contributed by atoms with van der Waals surface area (Å²) >= 11 is 0. The van der Waals surface area contributed by atoms with E-state index in [1.54, 1.807) is 6.33 Å². The standard InChI is InChI=1S/C13H18N4/c1-8-12(9-2-4-10(14)5-3-9)13-11(17-8)6-15-7-16-13/h6-7,9-10,17H,2-5,14H2,1H3. The third-order valence-electron chi connectivity index (χ3n) is 3.87. The number of aromatic amines is 1. The molecule has 4 nitrogen and oxygen atoms in total. The molecule has 0 aromatic carbocycles. The number of hydrogen-bond donors (Lipinski definition) is 2. The van der Waals surface area contributed by atoms with Gasteiger partial charge in [-0.25, -0.2) is 9.97 Å². The second-order valence-corrected chi connectivity index (χ2v) is 5.06. The van der Waals surface area contributed by atoms with Crippen molar-refractivity contribution in [1.82, 2.24) is 15.0 Å². The van der Waals surface area contributed by atoms with Crippen LogP contribution in [0.25, 0.3) is 11.0 Å². The van der Waals surface area contributed by atoms with Gasteiger partial charge in [-0.1, -0.05) is 0 Å². The lowest BCUT2D eigenvalue weighted by molar-refractivity contribution is 0.396. The van der Waals surface area contributed by atoms with Crippen LogP contribution in [0.3, 0.4) is 0 Å². The first-order chi connectivity index (χ1) is 8.25. The maximum absolute atomic E-state index is 5.97. The average molecular weight is 230 g/mol. The van der Waals surface area contributed by atoms with Crippen LogP contribution in [0.4, 0.5) is 0 Å². The van der Waals surface area contributed by atoms with Crippen molar-refractivity contribution in [2.24, 2.45) is 5.73 Å². The fourth-order valence-corrected chi connectivity index (χ4v) is 2.99. The minimum absolute atomic E-state index is 0.395. The van der Waals surface area contributed by atoms with Crippen LogP contribution in [0.2, 0.25) is 0 Å². The molecule has 2 aromatic heterocycles. The fraction of sp³-hybridized carbons (Fsp3) is 0.538. The van der Waals surface area contributed by atoms with Crippen LogP contribution in [-0.4, -0.2) is 21.0 Å². The Hall–Kier alpha value is -1.42. The van der Waals surface area contributed by atoms with Crippen molar-refractivity contribution in [2.45, 2.75) is 44.6 Å². The number of nitrogens with two attached hydrogens (primary N) is 1. The molecule has 0 radical (unpaired) electrons. The van der Waals surface area contributed by atoms with Crippen molar-refractivity contribution in [3.63, 3.8) is 0 Å². The van der Waals surface area contributed by atoms with Gasteiger partial charge in [-0.15, -0.1) is 0 Å². The SMILES string of the molecule is Cc1[nH]c2cncnc2c1C1CCC(N)CC1. The molecule has 90 valence electrons. The molecule has 0 spiro atoms. The van der Waals surface area contributed by atoms with Crippen molar-refractivity contribution < 1.29 is 0 Å². The van der Waals surface area contributed by atoms with E-state index in [2.05, 4.69) is 21.9 Å². The molecule has 1 aliphatic carbocycles. The Morgan fingerprint density at radius 2 is 2.06 bits per heavy atom. The molecule has 2 aromatic rings. The Morgan fingerprint density at radius 3 is 2.82 bits per heavy atom.